The lowest BCUT2D eigenvalue weighted by molar-refractivity contribution is 0.0498. The fraction of sp³-hybridized carbons (Fsp3) is 0.278. The molecule has 2 bridgehead atoms. The highest BCUT2D eigenvalue weighted by molar-refractivity contribution is 7.80. The lowest BCUT2D eigenvalue weighted by atomic mass is 9.90. The summed E-state index contributed by atoms with van der Waals surface area (Å²) < 4.78 is 6.36. The van der Waals surface area contributed by atoms with Crippen LogP contribution in [0.5, 0.6) is 5.75 Å². The minimum Gasteiger partial charge on any atom is -0.467 e. The van der Waals surface area contributed by atoms with Crippen molar-refractivity contribution in [2.75, 3.05) is 4.90 Å². The second kappa shape index (κ2) is 4.71. The fourth-order valence-corrected chi connectivity index (χ4v) is 3.85. The first-order valence-corrected chi connectivity index (χ1v) is 7.93. The van der Waals surface area contributed by atoms with Crippen LogP contribution in [-0.4, -0.2) is 10.8 Å². The molecule has 0 aromatic heterocycles. The first kappa shape index (κ1) is 13.6. The first-order chi connectivity index (χ1) is 10.6. The zero-order chi connectivity index (χ0) is 15.3. The maximum atomic E-state index is 6.36. The molecule has 0 saturated carbocycles. The Hall–Kier alpha value is -2.07. The minimum absolute atomic E-state index is 0.212. The van der Waals surface area contributed by atoms with Gasteiger partial charge in [-0.25, -0.2) is 0 Å². The largest absolute Gasteiger partial charge is 0.467 e. The Morgan fingerprint density at radius 3 is 2.68 bits per heavy atom. The van der Waals surface area contributed by atoms with Gasteiger partial charge in [-0.1, -0.05) is 35.9 Å². The molecule has 0 unspecified atom stereocenters. The van der Waals surface area contributed by atoms with Gasteiger partial charge in [-0.3, -0.25) is 4.90 Å². The van der Waals surface area contributed by atoms with Crippen LogP contribution in [0.2, 0.25) is 0 Å². The number of aryl methyl sites for hydroxylation is 1. The maximum absolute atomic E-state index is 6.36. The van der Waals surface area contributed by atoms with Crippen molar-refractivity contribution in [3.8, 4) is 5.75 Å². The van der Waals surface area contributed by atoms with Gasteiger partial charge >= 0.3 is 0 Å². The van der Waals surface area contributed by atoms with E-state index < -0.39 is 5.72 Å². The van der Waals surface area contributed by atoms with Crippen molar-refractivity contribution in [2.45, 2.75) is 32.0 Å². The van der Waals surface area contributed by atoms with Crippen molar-refractivity contribution in [1.29, 1.82) is 0 Å². The van der Waals surface area contributed by atoms with E-state index in [1.807, 2.05) is 18.2 Å². The number of nitrogens with one attached hydrogen (secondary N) is 1. The number of fused-ring (bicyclic) bond motifs is 4. The average molecular weight is 310 g/mol. The topological polar surface area (TPSA) is 24.5 Å². The summed E-state index contributed by atoms with van der Waals surface area (Å²) in [6.07, 6.45) is 0.859. The number of rotatable bonds is 1. The fourth-order valence-electron chi connectivity index (χ4n) is 3.41. The standard InChI is InChI=1S/C18H18N2OS/c1-12-7-9-13(10-8-12)20-17(22)19-15-11-18(20,2)21-16-6-4-3-5-14(15)16/h3-10,15H,11H2,1-2H3,(H,19,22)/t15-,18+/m1/s1. The van der Waals surface area contributed by atoms with Crippen LogP contribution >= 0.6 is 12.2 Å². The number of benzene rings is 2. The van der Waals surface area contributed by atoms with Crippen molar-refractivity contribution in [2.24, 2.45) is 0 Å². The van der Waals surface area contributed by atoms with E-state index in [1.165, 1.54) is 11.1 Å². The number of nitrogens with zero attached hydrogens (tertiary/aromatic N) is 1. The van der Waals surface area contributed by atoms with E-state index in [0.717, 1.165) is 23.0 Å². The molecule has 1 fully saturated rings. The lowest BCUT2D eigenvalue weighted by Gasteiger charge is -2.52. The Morgan fingerprint density at radius 2 is 1.91 bits per heavy atom. The number of para-hydroxylation sites is 1. The smallest absolute Gasteiger partial charge is 0.188 e. The second-order valence-electron chi connectivity index (χ2n) is 6.19. The molecule has 4 heteroatoms. The van der Waals surface area contributed by atoms with E-state index in [2.05, 4.69) is 54.4 Å². The van der Waals surface area contributed by atoms with Gasteiger partial charge in [0.2, 0.25) is 0 Å². The third-order valence-corrected chi connectivity index (χ3v) is 4.77. The van der Waals surface area contributed by atoms with Crippen LogP contribution < -0.4 is 15.0 Å². The molecule has 0 amide bonds. The van der Waals surface area contributed by atoms with Crippen LogP contribution in [-0.2, 0) is 0 Å². The summed E-state index contributed by atoms with van der Waals surface area (Å²) >= 11 is 5.63. The molecule has 3 nitrogen and oxygen atoms in total. The molecule has 2 heterocycles. The normalized spacial score (nSPS) is 26.0. The van der Waals surface area contributed by atoms with Crippen molar-refractivity contribution in [3.63, 3.8) is 0 Å². The van der Waals surface area contributed by atoms with Gasteiger partial charge in [-0.15, -0.1) is 0 Å². The Kier molecular flexibility index (Phi) is 2.91. The number of thiocarbonyl (C=S) groups is 1. The molecule has 2 atom stereocenters. The van der Waals surface area contributed by atoms with E-state index in [9.17, 15) is 0 Å². The molecule has 112 valence electrons. The van der Waals surface area contributed by atoms with Gasteiger partial charge in [0.15, 0.2) is 10.8 Å². The molecule has 2 aliphatic rings. The highest BCUT2D eigenvalue weighted by Crippen LogP contribution is 2.45. The summed E-state index contributed by atoms with van der Waals surface area (Å²) in [6.45, 7) is 4.20. The monoisotopic (exact) mass is 310 g/mol. The van der Waals surface area contributed by atoms with Crippen LogP contribution in [0.3, 0.4) is 0 Å². The van der Waals surface area contributed by atoms with E-state index >= 15 is 0 Å². The zero-order valence-electron chi connectivity index (χ0n) is 12.7. The first-order valence-electron chi connectivity index (χ1n) is 7.52. The van der Waals surface area contributed by atoms with Crippen LogP contribution in [0.15, 0.2) is 48.5 Å². The highest BCUT2D eigenvalue weighted by atomic mass is 32.1. The van der Waals surface area contributed by atoms with Gasteiger partial charge in [-0.05, 0) is 44.3 Å². The molecule has 0 spiro atoms. The van der Waals surface area contributed by atoms with Gasteiger partial charge in [0.1, 0.15) is 5.75 Å². The van der Waals surface area contributed by atoms with Crippen molar-refractivity contribution >= 4 is 23.0 Å². The van der Waals surface area contributed by atoms with Gasteiger partial charge in [0, 0.05) is 17.7 Å². The van der Waals surface area contributed by atoms with E-state index in [4.69, 9.17) is 17.0 Å². The zero-order valence-corrected chi connectivity index (χ0v) is 13.5. The van der Waals surface area contributed by atoms with Crippen LogP contribution in [0, 0.1) is 6.92 Å². The third-order valence-electron chi connectivity index (χ3n) is 4.47. The van der Waals surface area contributed by atoms with Crippen LogP contribution in [0.1, 0.15) is 30.5 Å². The summed E-state index contributed by atoms with van der Waals surface area (Å²) in [5, 5.41) is 4.19. The number of ether oxygens (including phenoxy) is 1. The molecule has 0 radical (unpaired) electrons. The molecule has 4 rings (SSSR count). The SMILES string of the molecule is Cc1ccc(N2C(=S)N[C@@H]3C[C@]2(C)Oc2ccccc23)cc1. The van der Waals surface area contributed by atoms with Gasteiger partial charge in [0.25, 0.3) is 0 Å². The molecule has 2 aromatic carbocycles. The predicted octanol–water partition coefficient (Wildman–Crippen LogP) is 3.93. The number of hydrogen-bond donors (Lipinski definition) is 1. The summed E-state index contributed by atoms with van der Waals surface area (Å²) in [6, 6.07) is 16.8. The Morgan fingerprint density at radius 1 is 1.18 bits per heavy atom. The molecule has 1 N–H and O–H groups in total. The van der Waals surface area contributed by atoms with E-state index in [0.29, 0.717) is 0 Å². The molecular weight excluding hydrogens is 292 g/mol. The van der Waals surface area contributed by atoms with Crippen LogP contribution in [0.4, 0.5) is 5.69 Å². The molecular formula is C18H18N2OS. The summed E-state index contributed by atoms with van der Waals surface area (Å²) in [5.41, 5.74) is 3.02. The Bertz CT molecular complexity index is 743. The molecule has 2 aromatic rings. The van der Waals surface area contributed by atoms with E-state index in [1.54, 1.807) is 0 Å². The number of hydrogen-bond acceptors (Lipinski definition) is 2. The van der Waals surface area contributed by atoms with Crippen molar-refractivity contribution < 1.29 is 4.74 Å². The van der Waals surface area contributed by atoms with E-state index in [-0.39, 0.29) is 6.04 Å². The average Bonchev–Trinajstić information content (AvgIpc) is 2.48. The van der Waals surface area contributed by atoms with Gasteiger partial charge < -0.3 is 10.1 Å². The summed E-state index contributed by atoms with van der Waals surface area (Å²) in [4.78, 5) is 2.09. The quantitative estimate of drug-likeness (QED) is 0.807. The highest BCUT2D eigenvalue weighted by Gasteiger charge is 2.48. The lowest BCUT2D eigenvalue weighted by Crippen LogP contribution is -2.65. The third kappa shape index (κ3) is 1.98. The van der Waals surface area contributed by atoms with Gasteiger partial charge in [-0.2, -0.15) is 0 Å². The summed E-state index contributed by atoms with van der Waals surface area (Å²) in [5.74, 6) is 0.938. The number of anilines is 1. The Labute approximate surface area is 135 Å². The van der Waals surface area contributed by atoms with Crippen molar-refractivity contribution in [3.05, 3.63) is 59.7 Å². The minimum atomic E-state index is -0.462. The maximum Gasteiger partial charge on any atom is 0.188 e. The Balaban J connectivity index is 1.80. The predicted molar refractivity (Wildman–Crippen MR) is 92.2 cm³/mol. The second-order valence-corrected chi connectivity index (χ2v) is 6.58. The molecule has 2 aliphatic heterocycles. The summed E-state index contributed by atoms with van der Waals surface area (Å²) in [7, 11) is 0. The van der Waals surface area contributed by atoms with Gasteiger partial charge in [0.05, 0.1) is 6.04 Å². The molecule has 0 aliphatic carbocycles. The van der Waals surface area contributed by atoms with Crippen LogP contribution in [0.25, 0.3) is 0 Å². The molecule has 22 heavy (non-hydrogen) atoms. The molecule has 1 saturated heterocycles. The van der Waals surface area contributed by atoms with Crippen molar-refractivity contribution in [1.82, 2.24) is 5.32 Å².